The highest BCUT2D eigenvalue weighted by atomic mass is 32.2. The largest absolute Gasteiger partial charge is 0.497 e. The van der Waals surface area contributed by atoms with Crippen LogP contribution in [0.25, 0.3) is 54.3 Å². The molecule has 0 fully saturated rings. The fourth-order valence-corrected chi connectivity index (χ4v) is 6.37. The zero-order valence-corrected chi connectivity index (χ0v) is 25.7. The molecule has 3 heterocycles. The molecule has 0 saturated heterocycles. The lowest BCUT2D eigenvalue weighted by atomic mass is 9.96. The minimum atomic E-state index is -3.66. The van der Waals surface area contributed by atoms with Crippen molar-refractivity contribution in [1.82, 2.24) is 9.97 Å². The van der Waals surface area contributed by atoms with E-state index in [4.69, 9.17) is 14.1 Å². The van der Waals surface area contributed by atoms with Crippen LogP contribution in [0, 0.1) is 5.82 Å². The van der Waals surface area contributed by atoms with Gasteiger partial charge in [0.1, 0.15) is 38.3 Å². The molecule has 11 heteroatoms. The summed E-state index contributed by atoms with van der Waals surface area (Å²) in [5.74, 6) is 0.731. The third-order valence-corrected chi connectivity index (χ3v) is 9.53. The highest BCUT2D eigenvalue weighted by molar-refractivity contribution is 7.92. The normalized spacial score (nSPS) is 12.3. The summed E-state index contributed by atoms with van der Waals surface area (Å²) in [7, 11) is 1.12. The molecule has 3 aromatic carbocycles. The Labute approximate surface area is 252 Å². The molecule has 0 spiro atoms. The van der Waals surface area contributed by atoms with Crippen LogP contribution in [0.1, 0.15) is 12.5 Å². The molecule has 0 unspecified atom stereocenters. The molecule has 43 heavy (non-hydrogen) atoms. The molecule has 0 saturated carbocycles. The summed E-state index contributed by atoms with van der Waals surface area (Å²) in [5.41, 5.74) is 5.94. The molecule has 0 amide bonds. The molecule has 0 aliphatic rings. The van der Waals surface area contributed by atoms with E-state index in [1.165, 1.54) is 34.8 Å². The lowest BCUT2D eigenvalue weighted by Crippen LogP contribution is -2.25. The summed E-state index contributed by atoms with van der Waals surface area (Å²) in [6.45, 7) is 1.87. The Balaban J connectivity index is 1.65. The smallest absolute Gasteiger partial charge is 0.232 e. The lowest BCUT2D eigenvalue weighted by Gasteiger charge is -2.21. The second-order valence-electron chi connectivity index (χ2n) is 10.0. The first-order chi connectivity index (χ1) is 20.6. The maximum atomic E-state index is 13.8. The molecule has 0 aliphatic heterocycles. The second kappa shape index (κ2) is 10.9. The van der Waals surface area contributed by atoms with Gasteiger partial charge in [0.2, 0.25) is 10.0 Å². The van der Waals surface area contributed by atoms with E-state index >= 15 is 0 Å². The van der Waals surface area contributed by atoms with Crippen molar-refractivity contribution in [1.29, 1.82) is 0 Å². The van der Waals surface area contributed by atoms with E-state index in [9.17, 15) is 12.8 Å². The number of rotatable bonds is 7. The minimum Gasteiger partial charge on any atom is -0.497 e. The number of anilines is 1. The van der Waals surface area contributed by atoms with Gasteiger partial charge in [0.05, 0.1) is 19.1 Å². The first kappa shape index (κ1) is 28.5. The molecule has 8 nitrogen and oxygen atoms in total. The Kier molecular flexibility index (Phi) is 7.23. The molecular formula is C32H27FN4O4S2. The van der Waals surface area contributed by atoms with Crippen LogP contribution in [0.3, 0.4) is 0 Å². The van der Waals surface area contributed by atoms with E-state index in [2.05, 4.69) is 9.98 Å². The summed E-state index contributed by atoms with van der Waals surface area (Å²) in [4.78, 5) is 14.4. The van der Waals surface area contributed by atoms with Crippen molar-refractivity contribution in [3.05, 3.63) is 84.3 Å². The number of hydrogen-bond donors (Lipinski definition) is 0. The number of fused-ring (bicyclic) bond motifs is 2. The minimum absolute atomic E-state index is 0.362. The van der Waals surface area contributed by atoms with Gasteiger partial charge in [-0.05, 0) is 73.2 Å². The molecule has 0 atom stereocenters. The van der Waals surface area contributed by atoms with Gasteiger partial charge in [-0.3, -0.25) is 9.30 Å². The van der Waals surface area contributed by atoms with Crippen LogP contribution in [0.15, 0.2) is 82.3 Å². The summed E-state index contributed by atoms with van der Waals surface area (Å²) < 4.78 is 52.7. The van der Waals surface area contributed by atoms with E-state index in [1.54, 1.807) is 38.6 Å². The van der Waals surface area contributed by atoms with E-state index < -0.39 is 10.0 Å². The van der Waals surface area contributed by atoms with Crippen molar-refractivity contribution < 1.29 is 22.0 Å². The molecule has 0 bridgehead atoms. The Morgan fingerprint density at radius 3 is 2.47 bits per heavy atom. The third-order valence-electron chi connectivity index (χ3n) is 7.31. The molecule has 3 aromatic heterocycles. The third kappa shape index (κ3) is 5.26. The highest BCUT2D eigenvalue weighted by Crippen LogP contribution is 2.43. The van der Waals surface area contributed by atoms with Crippen LogP contribution >= 0.6 is 11.3 Å². The number of thiazole rings is 1. The Morgan fingerprint density at radius 1 is 1.05 bits per heavy atom. The highest BCUT2D eigenvalue weighted by Gasteiger charge is 2.25. The molecule has 218 valence electrons. The van der Waals surface area contributed by atoms with Crippen molar-refractivity contribution in [3.63, 3.8) is 0 Å². The first-order valence-electron chi connectivity index (χ1n) is 13.2. The van der Waals surface area contributed by atoms with Crippen molar-refractivity contribution in [3.8, 4) is 38.8 Å². The first-order valence-corrected chi connectivity index (χ1v) is 15.9. The zero-order chi connectivity index (χ0) is 30.5. The number of aliphatic imine (C=N–C) groups is 1. The molecule has 0 N–H and O–H groups in total. The Hall–Kier alpha value is -4.61. The average Bonchev–Trinajstić information content (AvgIpc) is 3.61. The topological polar surface area (TPSA) is 97.9 Å². The van der Waals surface area contributed by atoms with Crippen LogP contribution in [0.4, 0.5) is 10.1 Å². The SMILES string of the molecule is CN=C(C)c1c(-c2ccc(F)cc2)oc2cc(N(C)S(C)(=O)=O)c(-c3cc(OC)cc(-c4nc5cccnc5s4)c3)cc12. The van der Waals surface area contributed by atoms with Gasteiger partial charge in [0.15, 0.2) is 0 Å². The molecule has 6 rings (SSSR count). The predicted octanol–water partition coefficient (Wildman–Crippen LogP) is 7.42. The van der Waals surface area contributed by atoms with Crippen LogP contribution in [-0.2, 0) is 10.0 Å². The number of furan rings is 1. The molecule has 0 aliphatic carbocycles. The fraction of sp³-hybridized carbons (Fsp3) is 0.156. The number of aromatic nitrogens is 2. The quantitative estimate of drug-likeness (QED) is 0.174. The molecular weight excluding hydrogens is 588 g/mol. The standard InChI is InChI=1S/C32H27FN4O4S2/c1-18(34-2)29-25-16-24(20-13-21(15-23(14-20)40-4)31-36-26-7-6-12-35-32(26)42-31)27(37(3)43(5,38)39)17-28(25)41-30(29)19-8-10-22(33)11-9-19/h6-17H,1-5H3. The Morgan fingerprint density at radius 2 is 1.79 bits per heavy atom. The van der Waals surface area contributed by atoms with Crippen molar-refractivity contribution in [2.75, 3.05) is 31.8 Å². The van der Waals surface area contributed by atoms with Crippen molar-refractivity contribution in [2.45, 2.75) is 6.92 Å². The lowest BCUT2D eigenvalue weighted by molar-refractivity contribution is 0.415. The van der Waals surface area contributed by atoms with Gasteiger partial charge in [-0.2, -0.15) is 0 Å². The summed E-state index contributed by atoms with van der Waals surface area (Å²) in [6, 6.07) is 19.1. The maximum Gasteiger partial charge on any atom is 0.232 e. The number of ether oxygens (including phenoxy) is 1. The van der Waals surface area contributed by atoms with Gasteiger partial charge in [-0.15, -0.1) is 0 Å². The van der Waals surface area contributed by atoms with Crippen LogP contribution in [0.5, 0.6) is 5.75 Å². The number of halogens is 1. The van der Waals surface area contributed by atoms with Crippen LogP contribution in [-0.4, -0.2) is 51.6 Å². The van der Waals surface area contributed by atoms with E-state index in [0.717, 1.165) is 43.7 Å². The van der Waals surface area contributed by atoms with Gasteiger partial charge in [-0.25, -0.2) is 22.8 Å². The van der Waals surface area contributed by atoms with Gasteiger partial charge < -0.3 is 9.15 Å². The van der Waals surface area contributed by atoms with Gasteiger partial charge in [0.25, 0.3) is 0 Å². The van der Waals surface area contributed by atoms with Gasteiger partial charge in [0, 0.05) is 59.7 Å². The van der Waals surface area contributed by atoms with Crippen molar-refractivity contribution in [2.24, 2.45) is 4.99 Å². The number of methoxy groups -OCH3 is 1. The molecule has 0 radical (unpaired) electrons. The van der Waals surface area contributed by atoms with E-state index in [-0.39, 0.29) is 5.82 Å². The summed E-state index contributed by atoms with van der Waals surface area (Å²) in [6.07, 6.45) is 2.88. The summed E-state index contributed by atoms with van der Waals surface area (Å²) in [5, 5.41) is 1.49. The maximum absolute atomic E-state index is 13.8. The van der Waals surface area contributed by atoms with Gasteiger partial charge in [-0.1, -0.05) is 11.3 Å². The molecule has 6 aromatic rings. The number of sulfonamides is 1. The van der Waals surface area contributed by atoms with Gasteiger partial charge >= 0.3 is 0 Å². The second-order valence-corrected chi connectivity index (χ2v) is 13.0. The average molecular weight is 615 g/mol. The Bertz CT molecular complexity index is 2120. The monoisotopic (exact) mass is 614 g/mol. The van der Waals surface area contributed by atoms with Crippen LogP contribution < -0.4 is 9.04 Å². The van der Waals surface area contributed by atoms with Crippen LogP contribution in [0.2, 0.25) is 0 Å². The number of nitrogens with zero attached hydrogens (tertiary/aromatic N) is 4. The number of benzene rings is 3. The van der Waals surface area contributed by atoms with Crippen molar-refractivity contribution >= 4 is 54.1 Å². The van der Waals surface area contributed by atoms with E-state index in [0.29, 0.717) is 39.6 Å². The predicted molar refractivity (Wildman–Crippen MR) is 171 cm³/mol. The number of hydrogen-bond acceptors (Lipinski definition) is 8. The zero-order valence-electron chi connectivity index (χ0n) is 24.0. The number of pyridine rings is 1. The van der Waals surface area contributed by atoms with E-state index in [1.807, 2.05) is 43.3 Å². The fourth-order valence-electron chi connectivity index (χ4n) is 4.97. The summed E-state index contributed by atoms with van der Waals surface area (Å²) >= 11 is 1.46.